The van der Waals surface area contributed by atoms with Crippen LogP contribution in [0.2, 0.25) is 10.0 Å². The zero-order chi connectivity index (χ0) is 17.6. The number of para-hydroxylation sites is 1. The fourth-order valence-corrected chi connectivity index (χ4v) is 4.34. The molecular formula is C17H12Cl2N4OS. The van der Waals surface area contributed by atoms with Crippen LogP contribution in [0.15, 0.2) is 52.2 Å². The van der Waals surface area contributed by atoms with Crippen LogP contribution in [0, 0.1) is 0 Å². The molecule has 0 N–H and O–H groups in total. The Morgan fingerprint density at radius 3 is 2.52 bits per heavy atom. The number of hydrogen-bond acceptors (Lipinski definition) is 4. The molecule has 126 valence electrons. The number of nitrogens with zero attached hydrogens (tertiary/aromatic N) is 4. The van der Waals surface area contributed by atoms with Gasteiger partial charge in [-0.05, 0) is 24.3 Å². The molecule has 0 radical (unpaired) electrons. The topological polar surface area (TPSA) is 52.2 Å². The van der Waals surface area contributed by atoms with Crippen LogP contribution < -0.4 is 5.56 Å². The molecule has 0 aliphatic heterocycles. The van der Waals surface area contributed by atoms with Crippen LogP contribution in [-0.4, -0.2) is 19.2 Å². The van der Waals surface area contributed by atoms with Gasteiger partial charge in [-0.25, -0.2) is 0 Å². The van der Waals surface area contributed by atoms with E-state index in [0.717, 1.165) is 16.2 Å². The predicted molar refractivity (Wildman–Crippen MR) is 102 cm³/mol. The Bertz CT molecular complexity index is 1150. The van der Waals surface area contributed by atoms with Gasteiger partial charge in [-0.15, -0.1) is 22.0 Å². The molecular weight excluding hydrogens is 379 g/mol. The molecule has 0 saturated heterocycles. The van der Waals surface area contributed by atoms with E-state index in [0.29, 0.717) is 27.0 Å². The van der Waals surface area contributed by atoms with Crippen LogP contribution in [0.5, 0.6) is 0 Å². The highest BCUT2D eigenvalue weighted by molar-refractivity contribution is 7.98. The quantitative estimate of drug-likeness (QED) is 0.492. The summed E-state index contributed by atoms with van der Waals surface area (Å²) in [6.07, 6.45) is 0. The van der Waals surface area contributed by atoms with Crippen LogP contribution in [0.25, 0.3) is 16.7 Å². The fraction of sp³-hybridized carbons (Fsp3) is 0.118. The Kier molecular flexibility index (Phi) is 4.19. The molecule has 0 saturated carbocycles. The minimum absolute atomic E-state index is 0.0937. The third-order valence-electron chi connectivity index (χ3n) is 3.96. The molecule has 2 aromatic heterocycles. The van der Waals surface area contributed by atoms with Gasteiger partial charge in [0.2, 0.25) is 5.78 Å². The summed E-state index contributed by atoms with van der Waals surface area (Å²) in [7, 11) is 1.70. The van der Waals surface area contributed by atoms with Gasteiger partial charge in [-0.1, -0.05) is 41.4 Å². The van der Waals surface area contributed by atoms with Gasteiger partial charge in [0.25, 0.3) is 5.56 Å². The van der Waals surface area contributed by atoms with Gasteiger partial charge in [-0.3, -0.25) is 13.8 Å². The molecule has 0 unspecified atom stereocenters. The normalized spacial score (nSPS) is 11.5. The molecule has 25 heavy (non-hydrogen) atoms. The van der Waals surface area contributed by atoms with Crippen LogP contribution in [-0.2, 0) is 12.8 Å². The number of thioether (sulfide) groups is 1. The number of aryl methyl sites for hydroxylation is 1. The van der Waals surface area contributed by atoms with Gasteiger partial charge in [0.05, 0.1) is 26.7 Å². The maximum Gasteiger partial charge on any atom is 0.262 e. The number of fused-ring (bicyclic) bond motifs is 3. The molecule has 0 bridgehead atoms. The van der Waals surface area contributed by atoms with E-state index in [1.165, 1.54) is 16.3 Å². The zero-order valence-electron chi connectivity index (χ0n) is 13.1. The lowest BCUT2D eigenvalue weighted by molar-refractivity contribution is 0.858. The van der Waals surface area contributed by atoms with Crippen LogP contribution in [0.1, 0.15) is 5.82 Å². The van der Waals surface area contributed by atoms with E-state index < -0.39 is 0 Å². The average Bonchev–Trinajstić information content (AvgIpc) is 3.03. The summed E-state index contributed by atoms with van der Waals surface area (Å²) in [5, 5.41) is 10.3. The highest BCUT2D eigenvalue weighted by Crippen LogP contribution is 2.35. The number of benzene rings is 2. The third-order valence-corrected chi connectivity index (χ3v) is 5.94. The molecule has 4 rings (SSSR count). The maximum atomic E-state index is 12.5. The number of hydrogen-bond donors (Lipinski definition) is 0. The molecule has 2 aromatic carbocycles. The Balaban J connectivity index is 1.85. The summed E-state index contributed by atoms with van der Waals surface area (Å²) < 4.78 is 3.40. The molecule has 8 heteroatoms. The van der Waals surface area contributed by atoms with Crippen molar-refractivity contribution in [3.8, 4) is 0 Å². The molecule has 0 fully saturated rings. The second-order valence-corrected chi connectivity index (χ2v) is 7.27. The van der Waals surface area contributed by atoms with E-state index >= 15 is 0 Å². The van der Waals surface area contributed by atoms with Gasteiger partial charge >= 0.3 is 0 Å². The SMILES string of the molecule is Cn1c(=O)c2ccccc2n2c(CSc3c(Cl)cccc3Cl)nnc12. The van der Waals surface area contributed by atoms with Crippen LogP contribution in [0.3, 0.4) is 0 Å². The van der Waals surface area contributed by atoms with Crippen molar-refractivity contribution in [1.82, 2.24) is 19.2 Å². The molecule has 0 aliphatic carbocycles. The van der Waals surface area contributed by atoms with E-state index in [-0.39, 0.29) is 5.56 Å². The summed E-state index contributed by atoms with van der Waals surface area (Å²) >= 11 is 14.0. The zero-order valence-corrected chi connectivity index (χ0v) is 15.4. The molecule has 0 atom stereocenters. The summed E-state index contributed by atoms with van der Waals surface area (Å²) in [5.41, 5.74) is 0.690. The first-order valence-electron chi connectivity index (χ1n) is 7.46. The van der Waals surface area contributed by atoms with Crippen molar-refractivity contribution in [2.45, 2.75) is 10.6 Å². The minimum Gasteiger partial charge on any atom is -0.279 e. The van der Waals surface area contributed by atoms with Crippen molar-refractivity contribution in [3.63, 3.8) is 0 Å². The van der Waals surface area contributed by atoms with Crippen LogP contribution in [0.4, 0.5) is 0 Å². The lowest BCUT2D eigenvalue weighted by Crippen LogP contribution is -2.20. The average molecular weight is 391 g/mol. The van der Waals surface area contributed by atoms with E-state index in [2.05, 4.69) is 10.2 Å². The van der Waals surface area contributed by atoms with Crippen LogP contribution >= 0.6 is 35.0 Å². The Hall–Kier alpha value is -2.02. The second-order valence-electron chi connectivity index (χ2n) is 5.47. The number of halogens is 2. The van der Waals surface area contributed by atoms with Gasteiger partial charge in [0, 0.05) is 11.9 Å². The first-order chi connectivity index (χ1) is 12.1. The fourth-order valence-electron chi connectivity index (χ4n) is 2.74. The molecule has 0 amide bonds. The smallest absolute Gasteiger partial charge is 0.262 e. The third kappa shape index (κ3) is 2.70. The van der Waals surface area contributed by atoms with E-state index in [9.17, 15) is 4.79 Å². The van der Waals surface area contributed by atoms with Crippen molar-refractivity contribution in [3.05, 3.63) is 68.7 Å². The van der Waals surface area contributed by atoms with E-state index in [1.807, 2.05) is 28.7 Å². The lowest BCUT2D eigenvalue weighted by Gasteiger charge is -2.08. The molecule has 2 heterocycles. The summed E-state index contributed by atoms with van der Waals surface area (Å²) in [5.74, 6) is 1.75. The highest BCUT2D eigenvalue weighted by atomic mass is 35.5. The Labute approximate surface area is 157 Å². The first kappa shape index (κ1) is 16.4. The number of rotatable bonds is 3. The maximum absolute atomic E-state index is 12.5. The monoisotopic (exact) mass is 390 g/mol. The lowest BCUT2D eigenvalue weighted by atomic mass is 10.2. The number of aromatic nitrogens is 4. The van der Waals surface area contributed by atoms with Gasteiger partial charge in [0.15, 0.2) is 0 Å². The predicted octanol–water partition coefficient (Wildman–Crippen LogP) is 4.18. The largest absolute Gasteiger partial charge is 0.279 e. The first-order valence-corrected chi connectivity index (χ1v) is 9.20. The van der Waals surface area contributed by atoms with Crippen molar-refractivity contribution >= 4 is 51.6 Å². The standard InChI is InChI=1S/C17H12Cl2N4OS/c1-22-16(24)10-5-2-3-8-13(10)23-14(20-21-17(22)23)9-25-15-11(18)6-4-7-12(15)19/h2-8H,9H2,1H3. The molecule has 4 aromatic rings. The highest BCUT2D eigenvalue weighted by Gasteiger charge is 2.15. The van der Waals surface area contributed by atoms with Crippen molar-refractivity contribution in [2.75, 3.05) is 0 Å². The summed E-state index contributed by atoms with van der Waals surface area (Å²) in [4.78, 5) is 13.3. The van der Waals surface area contributed by atoms with Gasteiger partial charge in [0.1, 0.15) is 5.82 Å². The summed E-state index contributed by atoms with van der Waals surface area (Å²) in [6, 6.07) is 12.8. The van der Waals surface area contributed by atoms with Crippen molar-refractivity contribution in [2.24, 2.45) is 7.05 Å². The molecule has 5 nitrogen and oxygen atoms in total. The van der Waals surface area contributed by atoms with Gasteiger partial charge in [-0.2, -0.15) is 0 Å². The van der Waals surface area contributed by atoms with E-state index in [4.69, 9.17) is 23.2 Å². The Morgan fingerprint density at radius 1 is 1.04 bits per heavy atom. The van der Waals surface area contributed by atoms with E-state index in [1.54, 1.807) is 25.2 Å². The molecule has 0 aliphatic rings. The summed E-state index contributed by atoms with van der Waals surface area (Å²) in [6.45, 7) is 0. The molecule has 0 spiro atoms. The Morgan fingerprint density at radius 2 is 1.76 bits per heavy atom. The van der Waals surface area contributed by atoms with Gasteiger partial charge < -0.3 is 0 Å². The second kappa shape index (κ2) is 6.37. The van der Waals surface area contributed by atoms with Crippen molar-refractivity contribution in [1.29, 1.82) is 0 Å². The minimum atomic E-state index is -0.0937. The van der Waals surface area contributed by atoms with Crippen molar-refractivity contribution < 1.29 is 0 Å².